The maximum atomic E-state index is 12.0. The van der Waals surface area contributed by atoms with Crippen molar-refractivity contribution in [2.24, 2.45) is 0 Å². The number of benzene rings is 2. The molecule has 0 fully saturated rings. The fourth-order valence-corrected chi connectivity index (χ4v) is 2.10. The minimum absolute atomic E-state index is 0.0155. The van der Waals surface area contributed by atoms with Crippen LogP contribution in [-0.2, 0) is 0 Å². The van der Waals surface area contributed by atoms with E-state index < -0.39 is 0 Å². The number of carbonyl (C=O) groups excluding carboxylic acids is 1. The zero-order valence-corrected chi connectivity index (χ0v) is 13.1. The Morgan fingerprint density at radius 1 is 1.14 bits per heavy atom. The van der Waals surface area contributed by atoms with Crippen LogP contribution in [0.5, 0.6) is 0 Å². The predicted molar refractivity (Wildman–Crippen MR) is 91.2 cm³/mol. The highest BCUT2D eigenvalue weighted by Crippen LogP contribution is 2.20. The van der Waals surface area contributed by atoms with Crippen molar-refractivity contribution in [1.29, 1.82) is 0 Å². The second kappa shape index (κ2) is 7.20. The summed E-state index contributed by atoms with van der Waals surface area (Å²) in [5.41, 5.74) is 2.49. The summed E-state index contributed by atoms with van der Waals surface area (Å²) in [4.78, 5) is 12.0. The van der Waals surface area contributed by atoms with Crippen molar-refractivity contribution in [2.45, 2.75) is 6.92 Å². The molecule has 0 aromatic heterocycles. The molecule has 2 rings (SSSR count). The highest BCUT2D eigenvalue weighted by Gasteiger charge is 2.07. The van der Waals surface area contributed by atoms with E-state index in [1.165, 1.54) is 0 Å². The lowest BCUT2D eigenvalue weighted by Gasteiger charge is -2.11. The van der Waals surface area contributed by atoms with Gasteiger partial charge in [0.1, 0.15) is 0 Å². The van der Waals surface area contributed by atoms with Gasteiger partial charge in [0.15, 0.2) is 10.9 Å². The van der Waals surface area contributed by atoms with E-state index in [0.29, 0.717) is 21.4 Å². The zero-order chi connectivity index (χ0) is 15.2. The first-order valence-corrected chi connectivity index (χ1v) is 7.24. The van der Waals surface area contributed by atoms with Gasteiger partial charge in [-0.3, -0.25) is 4.79 Å². The molecule has 2 aromatic rings. The largest absolute Gasteiger partial charge is 0.355 e. The van der Waals surface area contributed by atoms with Crippen molar-refractivity contribution in [3.8, 4) is 0 Å². The molecule has 0 spiro atoms. The summed E-state index contributed by atoms with van der Waals surface area (Å²) in [7, 11) is 0. The Morgan fingerprint density at radius 2 is 1.81 bits per heavy atom. The summed E-state index contributed by atoms with van der Waals surface area (Å²) in [5, 5.41) is 6.79. The minimum atomic E-state index is -0.0155. The van der Waals surface area contributed by atoms with Crippen molar-refractivity contribution in [3.05, 3.63) is 64.7 Å². The second-order valence-corrected chi connectivity index (χ2v) is 5.39. The highest BCUT2D eigenvalue weighted by atomic mass is 35.5. The smallest absolute Gasteiger partial charge is 0.181 e. The van der Waals surface area contributed by atoms with Crippen LogP contribution in [0.1, 0.15) is 15.9 Å². The molecule has 21 heavy (non-hydrogen) atoms. The molecule has 3 nitrogen and oxygen atoms in total. The maximum absolute atomic E-state index is 12.0. The third-order valence-corrected chi connectivity index (χ3v) is 3.48. The molecule has 0 radical (unpaired) electrons. The Morgan fingerprint density at radius 3 is 2.48 bits per heavy atom. The molecule has 0 saturated carbocycles. The van der Waals surface area contributed by atoms with Gasteiger partial charge >= 0.3 is 0 Å². The topological polar surface area (TPSA) is 41.1 Å². The Balaban J connectivity index is 1.88. The lowest BCUT2D eigenvalue weighted by molar-refractivity contribution is 0.0996. The van der Waals surface area contributed by atoms with E-state index in [-0.39, 0.29) is 12.3 Å². The third kappa shape index (κ3) is 4.55. The van der Waals surface area contributed by atoms with Crippen LogP contribution in [0.15, 0.2) is 48.5 Å². The van der Waals surface area contributed by atoms with Crippen LogP contribution in [0.2, 0.25) is 5.02 Å². The number of aryl methyl sites for hydroxylation is 1. The van der Waals surface area contributed by atoms with E-state index in [2.05, 4.69) is 10.6 Å². The van der Waals surface area contributed by atoms with Gasteiger partial charge in [0.25, 0.3) is 0 Å². The lowest BCUT2D eigenvalue weighted by atomic mass is 10.1. The number of anilines is 1. The number of halogens is 1. The van der Waals surface area contributed by atoms with E-state index >= 15 is 0 Å². The Hall–Kier alpha value is -1.91. The van der Waals surface area contributed by atoms with Crippen LogP contribution in [0.3, 0.4) is 0 Å². The average Bonchev–Trinajstić information content (AvgIpc) is 2.48. The first-order valence-electron chi connectivity index (χ1n) is 6.45. The van der Waals surface area contributed by atoms with Crippen LogP contribution in [-0.4, -0.2) is 17.4 Å². The molecule has 0 amide bonds. The summed E-state index contributed by atoms with van der Waals surface area (Å²) in [6.07, 6.45) is 0. The number of rotatable bonds is 4. The predicted octanol–water partition coefficient (Wildman–Crippen LogP) is 3.82. The summed E-state index contributed by atoms with van der Waals surface area (Å²) in [6, 6.07) is 14.7. The maximum Gasteiger partial charge on any atom is 0.181 e. The van der Waals surface area contributed by atoms with Crippen molar-refractivity contribution in [2.75, 3.05) is 11.9 Å². The number of hydrogen-bond acceptors (Lipinski definition) is 2. The Bertz CT molecular complexity index is 656. The van der Waals surface area contributed by atoms with E-state index in [0.717, 1.165) is 5.56 Å². The molecule has 0 aliphatic heterocycles. The van der Waals surface area contributed by atoms with Gasteiger partial charge in [-0.15, -0.1) is 0 Å². The highest BCUT2D eigenvalue weighted by molar-refractivity contribution is 7.80. The molecule has 0 heterocycles. The number of nitrogens with one attached hydrogen (secondary N) is 2. The van der Waals surface area contributed by atoms with Crippen molar-refractivity contribution < 1.29 is 4.79 Å². The normalized spacial score (nSPS) is 10.0. The summed E-state index contributed by atoms with van der Waals surface area (Å²) in [6.45, 7) is 2.12. The van der Waals surface area contributed by atoms with E-state index in [1.807, 2.05) is 49.4 Å². The molecule has 2 N–H and O–H groups in total. The van der Waals surface area contributed by atoms with Gasteiger partial charge in [-0.1, -0.05) is 53.6 Å². The first-order chi connectivity index (χ1) is 10.1. The summed E-state index contributed by atoms with van der Waals surface area (Å²) < 4.78 is 0. The SMILES string of the molecule is Cc1ccc(C(=O)CNC(=S)Nc2ccccc2Cl)cc1. The van der Waals surface area contributed by atoms with Gasteiger partial charge in [0, 0.05) is 5.56 Å². The fraction of sp³-hybridized carbons (Fsp3) is 0.125. The number of Topliss-reactive ketones (excluding diaryl/α,β-unsaturated/α-hetero) is 1. The molecule has 0 aliphatic carbocycles. The Kier molecular flexibility index (Phi) is 5.31. The summed E-state index contributed by atoms with van der Waals surface area (Å²) in [5.74, 6) is -0.0155. The van der Waals surface area contributed by atoms with Crippen LogP contribution in [0.25, 0.3) is 0 Å². The molecule has 0 aliphatic rings. The summed E-state index contributed by atoms with van der Waals surface area (Å²) >= 11 is 11.2. The second-order valence-electron chi connectivity index (χ2n) is 4.58. The van der Waals surface area contributed by atoms with Crippen LogP contribution in [0.4, 0.5) is 5.69 Å². The molecular formula is C16H15ClN2OS. The molecular weight excluding hydrogens is 304 g/mol. The van der Waals surface area contributed by atoms with Gasteiger partial charge < -0.3 is 10.6 Å². The minimum Gasteiger partial charge on any atom is -0.355 e. The van der Waals surface area contributed by atoms with Crippen molar-refractivity contribution in [1.82, 2.24) is 5.32 Å². The zero-order valence-electron chi connectivity index (χ0n) is 11.5. The Labute approximate surface area is 134 Å². The number of carbonyl (C=O) groups is 1. The standard InChI is InChI=1S/C16H15ClN2OS/c1-11-6-8-12(9-7-11)15(20)10-18-16(21)19-14-5-3-2-4-13(14)17/h2-9H,10H2,1H3,(H2,18,19,21). The monoisotopic (exact) mass is 318 g/mol. The molecule has 0 atom stereocenters. The number of ketones is 1. The quantitative estimate of drug-likeness (QED) is 0.664. The van der Waals surface area contributed by atoms with Gasteiger partial charge in [-0.05, 0) is 31.3 Å². The number of hydrogen-bond donors (Lipinski definition) is 2. The van der Waals surface area contributed by atoms with Gasteiger partial charge in [-0.25, -0.2) is 0 Å². The molecule has 5 heteroatoms. The van der Waals surface area contributed by atoms with Crippen molar-refractivity contribution >= 4 is 40.4 Å². The van der Waals surface area contributed by atoms with Crippen molar-refractivity contribution in [3.63, 3.8) is 0 Å². The van der Waals surface area contributed by atoms with Gasteiger partial charge in [0.05, 0.1) is 17.3 Å². The molecule has 108 valence electrons. The third-order valence-electron chi connectivity index (χ3n) is 2.91. The molecule has 0 unspecified atom stereocenters. The van der Waals surface area contributed by atoms with E-state index in [4.69, 9.17) is 23.8 Å². The lowest BCUT2D eigenvalue weighted by Crippen LogP contribution is -2.33. The van der Waals surface area contributed by atoms with Crippen LogP contribution in [0, 0.1) is 6.92 Å². The van der Waals surface area contributed by atoms with Gasteiger partial charge in [-0.2, -0.15) is 0 Å². The van der Waals surface area contributed by atoms with Gasteiger partial charge in [0.2, 0.25) is 0 Å². The average molecular weight is 319 g/mol. The number of para-hydroxylation sites is 1. The van der Waals surface area contributed by atoms with Crippen LogP contribution >= 0.6 is 23.8 Å². The molecule has 0 saturated heterocycles. The first kappa shape index (κ1) is 15.5. The fourth-order valence-electron chi connectivity index (χ4n) is 1.73. The van der Waals surface area contributed by atoms with E-state index in [1.54, 1.807) is 6.07 Å². The molecule has 2 aromatic carbocycles. The molecule has 0 bridgehead atoms. The van der Waals surface area contributed by atoms with E-state index in [9.17, 15) is 4.79 Å². The number of thiocarbonyl (C=S) groups is 1. The van der Waals surface area contributed by atoms with Crippen LogP contribution < -0.4 is 10.6 Å².